The topological polar surface area (TPSA) is 6.48 Å². The van der Waals surface area contributed by atoms with Gasteiger partial charge in [-0.15, -0.1) is 0 Å². The molecule has 4 bridgehead atoms. The molecule has 0 aromatic rings. The van der Waals surface area contributed by atoms with Crippen LogP contribution in [-0.2, 0) is 0 Å². The van der Waals surface area contributed by atoms with Gasteiger partial charge in [0.2, 0.25) is 0 Å². The monoisotopic (exact) mass is 452 g/mol. The third-order valence-corrected chi connectivity index (χ3v) is 7.65. The van der Waals surface area contributed by atoms with E-state index in [2.05, 4.69) is 46.3 Å². The number of allylic oxidation sites excluding steroid dienone is 2. The molecule has 3 aliphatic heterocycles. The highest BCUT2D eigenvalue weighted by Gasteiger charge is 2.12. The van der Waals surface area contributed by atoms with Crippen LogP contribution in [-0.4, -0.2) is 49.1 Å². The summed E-state index contributed by atoms with van der Waals surface area (Å²) in [7, 11) is 0. The SMILES string of the molecule is C1=CCCN2CCC=C(CCCCCC=CCCN3CCC=C(CCCCCCCC1)C3)C2. The molecule has 2 atom stereocenters. The largest absolute Gasteiger partial charge is 0.299 e. The summed E-state index contributed by atoms with van der Waals surface area (Å²) < 4.78 is 0. The predicted molar refractivity (Wildman–Crippen MR) is 146 cm³/mol. The van der Waals surface area contributed by atoms with Crippen LogP contribution in [0.25, 0.3) is 0 Å². The molecule has 0 fully saturated rings. The Morgan fingerprint density at radius 3 is 1.33 bits per heavy atom. The summed E-state index contributed by atoms with van der Waals surface area (Å²) in [5, 5.41) is 0. The lowest BCUT2D eigenvalue weighted by molar-refractivity contribution is 0.291. The maximum atomic E-state index is 2.68. The lowest BCUT2D eigenvalue weighted by Crippen LogP contribution is -2.30. The molecule has 0 saturated heterocycles. The average molecular weight is 453 g/mol. The molecule has 0 amide bonds. The van der Waals surface area contributed by atoms with Gasteiger partial charge in [-0.2, -0.15) is 0 Å². The van der Waals surface area contributed by atoms with Crippen molar-refractivity contribution in [3.63, 3.8) is 0 Å². The van der Waals surface area contributed by atoms with Crippen molar-refractivity contribution in [2.45, 2.75) is 109 Å². The molecule has 0 radical (unpaired) electrons. The van der Waals surface area contributed by atoms with E-state index in [4.69, 9.17) is 0 Å². The molecule has 3 rings (SSSR count). The Balaban J connectivity index is 1.39. The van der Waals surface area contributed by atoms with Crippen LogP contribution in [0.1, 0.15) is 109 Å². The Labute approximate surface area is 205 Å². The maximum Gasteiger partial charge on any atom is 0.0193 e. The zero-order chi connectivity index (χ0) is 22.8. The van der Waals surface area contributed by atoms with Gasteiger partial charge in [-0.3, -0.25) is 9.80 Å². The van der Waals surface area contributed by atoms with Gasteiger partial charge in [-0.05, 0) is 77.0 Å². The van der Waals surface area contributed by atoms with Gasteiger partial charge in [0.1, 0.15) is 0 Å². The Kier molecular flexibility index (Phi) is 13.9. The van der Waals surface area contributed by atoms with Crippen LogP contribution in [0.5, 0.6) is 0 Å². The third-order valence-electron chi connectivity index (χ3n) is 7.65. The van der Waals surface area contributed by atoms with Crippen molar-refractivity contribution < 1.29 is 0 Å². The van der Waals surface area contributed by atoms with E-state index in [1.807, 2.05) is 0 Å². The molecule has 3 aliphatic rings. The Bertz CT molecular complexity index is 627. The average Bonchev–Trinajstić information content (AvgIpc) is 2.84. The molecule has 0 aromatic carbocycles. The molecular weight excluding hydrogens is 400 g/mol. The Morgan fingerprint density at radius 1 is 0.394 bits per heavy atom. The summed E-state index contributed by atoms with van der Waals surface area (Å²) in [5.41, 5.74) is 3.41. The highest BCUT2D eigenvalue weighted by atomic mass is 15.1. The number of hydrogen-bond donors (Lipinski definition) is 0. The van der Waals surface area contributed by atoms with Crippen LogP contribution < -0.4 is 0 Å². The minimum Gasteiger partial charge on any atom is -0.299 e. The van der Waals surface area contributed by atoms with Gasteiger partial charge >= 0.3 is 0 Å². The molecular formula is C31H52N2. The maximum absolute atomic E-state index is 2.68. The van der Waals surface area contributed by atoms with Gasteiger partial charge in [0.05, 0.1) is 0 Å². The first-order chi connectivity index (χ1) is 16.4. The minimum absolute atomic E-state index is 1.22. The summed E-state index contributed by atoms with van der Waals surface area (Å²) in [6.07, 6.45) is 37.6. The van der Waals surface area contributed by atoms with Crippen LogP contribution in [0.2, 0.25) is 0 Å². The van der Waals surface area contributed by atoms with Crippen LogP contribution in [0, 0.1) is 0 Å². The van der Waals surface area contributed by atoms with Gasteiger partial charge in [-0.25, -0.2) is 0 Å². The molecule has 3 heterocycles. The van der Waals surface area contributed by atoms with Gasteiger partial charge in [0, 0.05) is 39.3 Å². The molecule has 0 N–H and O–H groups in total. The second-order valence-corrected chi connectivity index (χ2v) is 10.6. The standard InChI is InChI=1S/C31H52N2/c1-2-4-8-12-16-24-32-26-19-23-31(29-32)21-15-11-7-5-9-13-17-25-33-27-18-22-30(28-33)20-14-10-6-3-1/h8-9,12-13,22-23H,1-7,10-11,14-21,24-29H2. The predicted octanol–water partition coefficient (Wildman–Crippen LogP) is 8.23. The zero-order valence-corrected chi connectivity index (χ0v) is 21.6. The first-order valence-electron chi connectivity index (χ1n) is 14.5. The van der Waals surface area contributed by atoms with E-state index < -0.39 is 0 Å². The Morgan fingerprint density at radius 2 is 0.788 bits per heavy atom. The quantitative estimate of drug-likeness (QED) is 0.341. The molecule has 33 heavy (non-hydrogen) atoms. The molecule has 0 saturated carbocycles. The van der Waals surface area contributed by atoms with Crippen LogP contribution in [0.4, 0.5) is 0 Å². The van der Waals surface area contributed by atoms with Crippen molar-refractivity contribution in [1.82, 2.24) is 9.80 Å². The number of hydrogen-bond acceptors (Lipinski definition) is 2. The minimum atomic E-state index is 1.22. The lowest BCUT2D eigenvalue weighted by atomic mass is 10.0. The summed E-state index contributed by atoms with van der Waals surface area (Å²) in [6.45, 7) is 7.46. The van der Waals surface area contributed by atoms with E-state index in [1.54, 1.807) is 11.1 Å². The van der Waals surface area contributed by atoms with E-state index in [1.165, 1.54) is 148 Å². The van der Waals surface area contributed by atoms with Gasteiger partial charge in [0.15, 0.2) is 0 Å². The normalized spacial score (nSPS) is 28.4. The van der Waals surface area contributed by atoms with E-state index in [0.29, 0.717) is 0 Å². The van der Waals surface area contributed by atoms with Crippen molar-refractivity contribution in [2.75, 3.05) is 39.3 Å². The van der Waals surface area contributed by atoms with Crippen molar-refractivity contribution >= 4 is 0 Å². The molecule has 0 aliphatic carbocycles. The fourth-order valence-electron chi connectivity index (χ4n) is 5.61. The Hall–Kier alpha value is -1.12. The van der Waals surface area contributed by atoms with Crippen molar-refractivity contribution in [1.29, 1.82) is 0 Å². The fourth-order valence-corrected chi connectivity index (χ4v) is 5.61. The molecule has 0 aromatic heterocycles. The summed E-state index contributed by atoms with van der Waals surface area (Å²) in [6, 6.07) is 0. The summed E-state index contributed by atoms with van der Waals surface area (Å²) >= 11 is 0. The molecule has 0 spiro atoms. The van der Waals surface area contributed by atoms with Crippen LogP contribution >= 0.6 is 0 Å². The number of nitrogens with zero attached hydrogens (tertiary/aromatic N) is 2. The molecule has 2 nitrogen and oxygen atoms in total. The first kappa shape index (κ1) is 26.5. The van der Waals surface area contributed by atoms with Crippen molar-refractivity contribution in [2.24, 2.45) is 0 Å². The van der Waals surface area contributed by atoms with Gasteiger partial charge < -0.3 is 0 Å². The molecule has 186 valence electrons. The van der Waals surface area contributed by atoms with Crippen LogP contribution in [0.15, 0.2) is 47.6 Å². The first-order valence-corrected chi connectivity index (χ1v) is 14.5. The summed E-state index contributed by atoms with van der Waals surface area (Å²) in [4.78, 5) is 5.36. The van der Waals surface area contributed by atoms with E-state index in [9.17, 15) is 0 Å². The van der Waals surface area contributed by atoms with Crippen molar-refractivity contribution in [3.05, 3.63) is 47.6 Å². The third kappa shape index (κ3) is 12.2. The van der Waals surface area contributed by atoms with Crippen LogP contribution in [0.3, 0.4) is 0 Å². The fraction of sp³-hybridized carbons (Fsp3) is 0.742. The lowest BCUT2D eigenvalue weighted by Gasteiger charge is -2.27. The second kappa shape index (κ2) is 17.3. The second-order valence-electron chi connectivity index (χ2n) is 10.6. The molecule has 2 unspecified atom stereocenters. The highest BCUT2D eigenvalue weighted by Crippen LogP contribution is 2.19. The van der Waals surface area contributed by atoms with E-state index in [-0.39, 0.29) is 0 Å². The van der Waals surface area contributed by atoms with Crippen molar-refractivity contribution in [3.8, 4) is 0 Å². The van der Waals surface area contributed by atoms with Gasteiger partial charge in [-0.1, -0.05) is 79.7 Å². The number of rotatable bonds is 0. The smallest absolute Gasteiger partial charge is 0.0193 e. The van der Waals surface area contributed by atoms with E-state index >= 15 is 0 Å². The van der Waals surface area contributed by atoms with E-state index in [0.717, 1.165) is 0 Å². The zero-order valence-electron chi connectivity index (χ0n) is 21.6. The summed E-state index contributed by atoms with van der Waals surface area (Å²) in [5.74, 6) is 0. The highest BCUT2D eigenvalue weighted by molar-refractivity contribution is 5.09. The van der Waals surface area contributed by atoms with Gasteiger partial charge in [0.25, 0.3) is 0 Å². The molecule has 2 heteroatoms. The number of fused-ring (bicyclic) bond motifs is 4.